The molecule has 1 amide bonds. The van der Waals surface area contributed by atoms with Crippen LogP contribution in [0.1, 0.15) is 17.7 Å². The van der Waals surface area contributed by atoms with Crippen LogP contribution in [0.4, 0.5) is 4.39 Å². The fourth-order valence-electron chi connectivity index (χ4n) is 2.96. The molecule has 2 aromatic rings. The van der Waals surface area contributed by atoms with Gasteiger partial charge >= 0.3 is 0 Å². The zero-order chi connectivity index (χ0) is 16.9. The average molecular weight is 351 g/mol. The van der Waals surface area contributed by atoms with Gasteiger partial charge in [-0.25, -0.2) is 4.39 Å². The van der Waals surface area contributed by atoms with Crippen LogP contribution < -0.4 is 0 Å². The lowest BCUT2D eigenvalue weighted by Gasteiger charge is -2.22. The maximum atomic E-state index is 13.9. The second-order valence-electron chi connectivity index (χ2n) is 5.97. The van der Waals surface area contributed by atoms with Crippen molar-refractivity contribution in [2.75, 3.05) is 26.2 Å². The zero-order valence-corrected chi connectivity index (χ0v) is 14.1. The van der Waals surface area contributed by atoms with Crippen LogP contribution in [0.25, 0.3) is 0 Å². The van der Waals surface area contributed by atoms with Crippen molar-refractivity contribution in [1.82, 2.24) is 20.0 Å². The Bertz CT molecular complexity index is 672. The third kappa shape index (κ3) is 4.13. The highest BCUT2D eigenvalue weighted by atomic mass is 35.5. The minimum atomic E-state index is -0.424. The first kappa shape index (κ1) is 16.9. The summed E-state index contributed by atoms with van der Waals surface area (Å²) >= 11 is 6.02. The molecule has 0 saturated carbocycles. The molecule has 0 radical (unpaired) electrons. The highest BCUT2D eigenvalue weighted by Crippen LogP contribution is 2.20. The maximum Gasteiger partial charge on any atom is 0.227 e. The van der Waals surface area contributed by atoms with Gasteiger partial charge in [-0.1, -0.05) is 17.7 Å². The number of H-pyrrole nitrogens is 1. The molecule has 128 valence electrons. The molecule has 3 rings (SSSR count). The van der Waals surface area contributed by atoms with Crippen molar-refractivity contribution in [2.24, 2.45) is 0 Å². The Hall–Kier alpha value is -1.92. The number of hydrogen-bond donors (Lipinski definition) is 1. The van der Waals surface area contributed by atoms with E-state index < -0.39 is 5.82 Å². The van der Waals surface area contributed by atoms with Crippen molar-refractivity contribution in [3.05, 3.63) is 52.6 Å². The van der Waals surface area contributed by atoms with Gasteiger partial charge in [-0.05, 0) is 24.6 Å². The third-order valence-electron chi connectivity index (χ3n) is 4.28. The molecular formula is C17H20ClFN4O. The van der Waals surface area contributed by atoms with Crippen molar-refractivity contribution in [2.45, 2.75) is 19.4 Å². The SMILES string of the molecule is O=C(Cc1c(F)cccc1Cl)N1CCCN(Cc2ccn[nH]2)CC1. The van der Waals surface area contributed by atoms with E-state index in [1.54, 1.807) is 23.2 Å². The van der Waals surface area contributed by atoms with Gasteiger partial charge in [0.15, 0.2) is 0 Å². The number of hydrogen-bond acceptors (Lipinski definition) is 3. The van der Waals surface area contributed by atoms with Crippen LogP contribution in [-0.2, 0) is 17.8 Å². The Kier molecular flexibility index (Phi) is 5.48. The largest absolute Gasteiger partial charge is 0.341 e. The predicted octanol–water partition coefficient (Wildman–Crippen LogP) is 2.48. The van der Waals surface area contributed by atoms with Crippen molar-refractivity contribution in [1.29, 1.82) is 0 Å². The van der Waals surface area contributed by atoms with E-state index in [-0.39, 0.29) is 17.9 Å². The monoisotopic (exact) mass is 350 g/mol. The fraction of sp³-hybridized carbons (Fsp3) is 0.412. The molecule has 1 aliphatic rings. The van der Waals surface area contributed by atoms with Crippen molar-refractivity contribution in [3.8, 4) is 0 Å². The van der Waals surface area contributed by atoms with Gasteiger partial charge in [0.25, 0.3) is 0 Å². The van der Waals surface area contributed by atoms with E-state index in [1.165, 1.54) is 6.07 Å². The Balaban J connectivity index is 1.58. The molecule has 0 atom stereocenters. The Morgan fingerprint density at radius 2 is 2.12 bits per heavy atom. The normalized spacial score (nSPS) is 16.2. The predicted molar refractivity (Wildman–Crippen MR) is 90.2 cm³/mol. The molecule has 1 N–H and O–H groups in total. The van der Waals surface area contributed by atoms with Crippen LogP contribution in [0.5, 0.6) is 0 Å². The van der Waals surface area contributed by atoms with Crippen LogP contribution in [0.2, 0.25) is 5.02 Å². The summed E-state index contributed by atoms with van der Waals surface area (Å²) in [6.07, 6.45) is 2.64. The van der Waals surface area contributed by atoms with Gasteiger partial charge in [0.2, 0.25) is 5.91 Å². The number of halogens is 2. The van der Waals surface area contributed by atoms with Crippen molar-refractivity contribution >= 4 is 17.5 Å². The summed E-state index contributed by atoms with van der Waals surface area (Å²) in [5.74, 6) is -0.503. The number of aromatic nitrogens is 2. The smallest absolute Gasteiger partial charge is 0.227 e. The summed E-state index contributed by atoms with van der Waals surface area (Å²) in [6.45, 7) is 3.82. The van der Waals surface area contributed by atoms with Crippen molar-refractivity contribution in [3.63, 3.8) is 0 Å². The van der Waals surface area contributed by atoms with Crippen LogP contribution in [0.3, 0.4) is 0 Å². The molecule has 7 heteroatoms. The van der Waals surface area contributed by atoms with E-state index in [2.05, 4.69) is 15.1 Å². The number of nitrogens with one attached hydrogen (secondary N) is 1. The number of rotatable bonds is 4. The molecule has 2 heterocycles. The minimum absolute atomic E-state index is 0.00601. The van der Waals surface area contributed by atoms with Gasteiger partial charge in [0.1, 0.15) is 5.82 Å². The molecular weight excluding hydrogens is 331 g/mol. The topological polar surface area (TPSA) is 52.2 Å². The lowest BCUT2D eigenvalue weighted by molar-refractivity contribution is -0.130. The molecule has 1 aromatic carbocycles. The maximum absolute atomic E-state index is 13.9. The van der Waals surface area contributed by atoms with E-state index >= 15 is 0 Å². The number of carbonyl (C=O) groups is 1. The van der Waals surface area contributed by atoms with Crippen LogP contribution in [0.15, 0.2) is 30.5 Å². The minimum Gasteiger partial charge on any atom is -0.341 e. The summed E-state index contributed by atoms with van der Waals surface area (Å²) in [5, 5.41) is 7.21. The highest BCUT2D eigenvalue weighted by Gasteiger charge is 2.21. The molecule has 1 saturated heterocycles. The molecule has 1 aliphatic heterocycles. The molecule has 1 aromatic heterocycles. The summed E-state index contributed by atoms with van der Waals surface area (Å²) in [4.78, 5) is 16.6. The zero-order valence-electron chi connectivity index (χ0n) is 13.3. The van der Waals surface area contributed by atoms with E-state index in [9.17, 15) is 9.18 Å². The lowest BCUT2D eigenvalue weighted by atomic mass is 10.1. The molecule has 0 spiro atoms. The Morgan fingerprint density at radius 1 is 1.25 bits per heavy atom. The molecule has 5 nitrogen and oxygen atoms in total. The van der Waals surface area contributed by atoms with E-state index in [1.807, 2.05) is 6.07 Å². The van der Waals surface area contributed by atoms with E-state index in [0.717, 1.165) is 31.7 Å². The molecule has 0 unspecified atom stereocenters. The van der Waals surface area contributed by atoms with E-state index in [4.69, 9.17) is 11.6 Å². The first-order chi connectivity index (χ1) is 11.6. The quantitative estimate of drug-likeness (QED) is 0.921. The number of carbonyl (C=O) groups excluding carboxylic acids is 1. The second-order valence-corrected chi connectivity index (χ2v) is 6.38. The number of amides is 1. The number of nitrogens with zero attached hydrogens (tertiary/aromatic N) is 3. The lowest BCUT2D eigenvalue weighted by Crippen LogP contribution is -2.36. The first-order valence-corrected chi connectivity index (χ1v) is 8.42. The van der Waals surface area contributed by atoms with Gasteiger partial charge in [0.05, 0.1) is 6.42 Å². The van der Waals surface area contributed by atoms with Gasteiger partial charge in [0, 0.05) is 55.2 Å². The van der Waals surface area contributed by atoms with Crippen LogP contribution in [-0.4, -0.2) is 52.1 Å². The highest BCUT2D eigenvalue weighted by molar-refractivity contribution is 6.31. The second kappa shape index (κ2) is 7.77. The number of aromatic amines is 1. The number of benzene rings is 1. The van der Waals surface area contributed by atoms with Gasteiger partial charge in [-0.2, -0.15) is 5.10 Å². The molecule has 24 heavy (non-hydrogen) atoms. The van der Waals surface area contributed by atoms with E-state index in [0.29, 0.717) is 18.1 Å². The summed E-state index contributed by atoms with van der Waals surface area (Å²) < 4.78 is 13.9. The Morgan fingerprint density at radius 3 is 2.88 bits per heavy atom. The first-order valence-electron chi connectivity index (χ1n) is 8.05. The van der Waals surface area contributed by atoms with Crippen molar-refractivity contribution < 1.29 is 9.18 Å². The standard InChI is InChI=1S/C17H20ClFN4O/c18-15-3-1-4-16(19)14(15)11-17(24)23-8-2-7-22(9-10-23)12-13-5-6-20-21-13/h1,3-6H,2,7-12H2,(H,20,21). The molecule has 1 fully saturated rings. The van der Waals surface area contributed by atoms with Gasteiger partial charge in [-0.3, -0.25) is 14.8 Å². The summed E-state index contributed by atoms with van der Waals surface area (Å²) in [7, 11) is 0. The summed E-state index contributed by atoms with van der Waals surface area (Å²) in [5.41, 5.74) is 1.34. The fourth-order valence-corrected chi connectivity index (χ4v) is 3.19. The third-order valence-corrected chi connectivity index (χ3v) is 4.64. The summed E-state index contributed by atoms with van der Waals surface area (Å²) in [6, 6.07) is 6.45. The molecule has 0 bridgehead atoms. The molecule has 0 aliphatic carbocycles. The average Bonchev–Trinajstić information content (AvgIpc) is 2.95. The van der Waals surface area contributed by atoms with Gasteiger partial charge < -0.3 is 4.90 Å². The van der Waals surface area contributed by atoms with Crippen LogP contribution in [0, 0.1) is 5.82 Å². The van der Waals surface area contributed by atoms with Gasteiger partial charge in [-0.15, -0.1) is 0 Å². The Labute approximate surface area is 145 Å². The van der Waals surface area contributed by atoms with Crippen LogP contribution >= 0.6 is 11.6 Å².